The van der Waals surface area contributed by atoms with Crippen LogP contribution >= 0.6 is 0 Å². The number of benzene rings is 1. The van der Waals surface area contributed by atoms with E-state index >= 15 is 0 Å². The Morgan fingerprint density at radius 3 is 2.61 bits per heavy atom. The van der Waals surface area contributed by atoms with Crippen LogP contribution in [0, 0.1) is 6.92 Å². The lowest BCUT2D eigenvalue weighted by atomic mass is 9.96. The molecule has 3 rings (SSSR count). The van der Waals surface area contributed by atoms with E-state index in [-0.39, 0.29) is 11.8 Å². The molecule has 0 saturated carbocycles. The van der Waals surface area contributed by atoms with Crippen molar-refractivity contribution in [3.8, 4) is 11.5 Å². The second-order valence-electron chi connectivity index (χ2n) is 6.52. The largest absolute Gasteiger partial charge is 0.490 e. The number of carbonyl (C=O) groups is 2. The highest BCUT2D eigenvalue weighted by molar-refractivity contribution is 5.95. The summed E-state index contributed by atoms with van der Waals surface area (Å²) in [4.78, 5) is 29.6. The molecule has 1 amide bonds. The third-order valence-electron chi connectivity index (χ3n) is 4.52. The average Bonchev–Trinajstić information content (AvgIpc) is 3.13. The second kappa shape index (κ2) is 8.73. The number of nitrogens with zero attached hydrogens (tertiary/aromatic N) is 3. The van der Waals surface area contributed by atoms with Crippen LogP contribution in [0.2, 0.25) is 0 Å². The highest BCUT2D eigenvalue weighted by Gasteiger charge is 2.28. The van der Waals surface area contributed by atoms with Crippen molar-refractivity contribution < 1.29 is 28.7 Å². The number of hydrogen-bond acceptors (Lipinski definition) is 7. The number of carboxylic acid groups (broad SMARTS) is 1. The predicted octanol–water partition coefficient (Wildman–Crippen LogP) is 2.26. The lowest BCUT2D eigenvalue weighted by Gasteiger charge is -2.30. The van der Waals surface area contributed by atoms with Gasteiger partial charge in [-0.3, -0.25) is 4.79 Å². The van der Waals surface area contributed by atoms with Gasteiger partial charge in [0.15, 0.2) is 23.9 Å². The van der Waals surface area contributed by atoms with E-state index in [1.54, 1.807) is 36.9 Å². The SMILES string of the molecule is CCOc1cc(C(=O)N2CCC(c3nc(C)no3)CC2)ccc1OCC(=O)O. The monoisotopic (exact) mass is 389 g/mol. The molecule has 1 saturated heterocycles. The van der Waals surface area contributed by atoms with Crippen LogP contribution < -0.4 is 9.47 Å². The number of piperidine rings is 1. The van der Waals surface area contributed by atoms with Gasteiger partial charge in [-0.2, -0.15) is 4.98 Å². The molecule has 2 heterocycles. The van der Waals surface area contributed by atoms with E-state index in [1.165, 1.54) is 0 Å². The van der Waals surface area contributed by atoms with Crippen LogP contribution in [0.5, 0.6) is 11.5 Å². The van der Waals surface area contributed by atoms with Crippen molar-refractivity contribution >= 4 is 11.9 Å². The molecule has 0 bridgehead atoms. The lowest BCUT2D eigenvalue weighted by molar-refractivity contribution is -0.139. The van der Waals surface area contributed by atoms with Gasteiger partial charge in [0.1, 0.15) is 0 Å². The number of ether oxygens (including phenoxy) is 2. The van der Waals surface area contributed by atoms with E-state index in [9.17, 15) is 9.59 Å². The molecule has 1 fully saturated rings. The second-order valence-corrected chi connectivity index (χ2v) is 6.52. The lowest BCUT2D eigenvalue weighted by Crippen LogP contribution is -2.38. The molecule has 150 valence electrons. The zero-order chi connectivity index (χ0) is 20.1. The number of likely N-dealkylation sites (tertiary alicyclic amines) is 1. The fraction of sp³-hybridized carbons (Fsp3) is 0.474. The first-order valence-electron chi connectivity index (χ1n) is 9.18. The van der Waals surface area contributed by atoms with Crippen LogP contribution in [-0.4, -0.2) is 58.3 Å². The van der Waals surface area contributed by atoms with Crippen LogP contribution in [0.25, 0.3) is 0 Å². The molecule has 0 aliphatic carbocycles. The smallest absolute Gasteiger partial charge is 0.341 e. The molecule has 0 unspecified atom stereocenters. The van der Waals surface area contributed by atoms with Crippen LogP contribution in [0.15, 0.2) is 22.7 Å². The quantitative estimate of drug-likeness (QED) is 0.767. The van der Waals surface area contributed by atoms with Gasteiger partial charge in [-0.25, -0.2) is 4.79 Å². The molecule has 28 heavy (non-hydrogen) atoms. The zero-order valence-electron chi connectivity index (χ0n) is 15.9. The Bertz CT molecular complexity index is 842. The van der Waals surface area contributed by atoms with Gasteiger partial charge in [0, 0.05) is 24.6 Å². The fourth-order valence-corrected chi connectivity index (χ4v) is 3.16. The van der Waals surface area contributed by atoms with E-state index in [4.69, 9.17) is 19.1 Å². The highest BCUT2D eigenvalue weighted by atomic mass is 16.5. The molecular formula is C19H23N3O6. The Morgan fingerprint density at radius 2 is 2.00 bits per heavy atom. The minimum atomic E-state index is -1.08. The standard InChI is InChI=1S/C19H23N3O6/c1-3-26-16-10-14(4-5-15(16)27-11-17(23)24)19(25)22-8-6-13(7-9-22)18-20-12(2)21-28-18/h4-5,10,13H,3,6-9,11H2,1-2H3,(H,23,24). The fourth-order valence-electron chi connectivity index (χ4n) is 3.16. The van der Waals surface area contributed by atoms with E-state index < -0.39 is 12.6 Å². The van der Waals surface area contributed by atoms with Crippen molar-refractivity contribution in [2.24, 2.45) is 0 Å². The Morgan fingerprint density at radius 1 is 1.25 bits per heavy atom. The van der Waals surface area contributed by atoms with Gasteiger partial charge in [-0.05, 0) is 44.9 Å². The molecule has 1 aromatic carbocycles. The van der Waals surface area contributed by atoms with Crippen molar-refractivity contribution in [2.45, 2.75) is 32.6 Å². The van der Waals surface area contributed by atoms with Crippen molar-refractivity contribution in [2.75, 3.05) is 26.3 Å². The summed E-state index contributed by atoms with van der Waals surface area (Å²) in [5, 5.41) is 12.6. The molecule has 1 aliphatic heterocycles. The maximum atomic E-state index is 12.9. The molecule has 2 aromatic rings. The molecule has 9 nitrogen and oxygen atoms in total. The van der Waals surface area contributed by atoms with Gasteiger partial charge in [0.2, 0.25) is 5.89 Å². The van der Waals surface area contributed by atoms with Crippen molar-refractivity contribution in [3.05, 3.63) is 35.5 Å². The molecule has 1 aromatic heterocycles. The number of amides is 1. The maximum absolute atomic E-state index is 12.9. The Hall–Kier alpha value is -3.10. The number of rotatable bonds is 7. The summed E-state index contributed by atoms with van der Waals surface area (Å²) >= 11 is 0. The van der Waals surface area contributed by atoms with E-state index in [1.807, 2.05) is 0 Å². The van der Waals surface area contributed by atoms with Gasteiger partial charge in [-0.15, -0.1) is 0 Å². The number of aryl methyl sites for hydroxylation is 1. The summed E-state index contributed by atoms with van der Waals surface area (Å²) in [5.74, 6) is 0.867. The molecule has 1 N–H and O–H groups in total. The third kappa shape index (κ3) is 4.59. The van der Waals surface area contributed by atoms with Crippen LogP contribution in [-0.2, 0) is 4.79 Å². The Balaban J connectivity index is 1.66. The molecule has 0 spiro atoms. The Kier molecular flexibility index (Phi) is 6.13. The van der Waals surface area contributed by atoms with Crippen molar-refractivity contribution in [3.63, 3.8) is 0 Å². The Labute approximate surface area is 162 Å². The number of carboxylic acids is 1. The minimum absolute atomic E-state index is 0.106. The van der Waals surface area contributed by atoms with Gasteiger partial charge in [0.05, 0.1) is 6.61 Å². The first kappa shape index (κ1) is 19.7. The minimum Gasteiger partial charge on any atom is -0.490 e. The first-order valence-corrected chi connectivity index (χ1v) is 9.18. The maximum Gasteiger partial charge on any atom is 0.341 e. The molecule has 0 atom stereocenters. The summed E-state index contributed by atoms with van der Waals surface area (Å²) in [6.07, 6.45) is 1.51. The number of aromatic nitrogens is 2. The first-order chi connectivity index (χ1) is 13.5. The average molecular weight is 389 g/mol. The summed E-state index contributed by atoms with van der Waals surface area (Å²) in [7, 11) is 0. The van der Waals surface area contributed by atoms with Crippen molar-refractivity contribution in [1.82, 2.24) is 15.0 Å². The summed E-state index contributed by atoms with van der Waals surface area (Å²) in [6, 6.07) is 4.78. The normalized spacial score (nSPS) is 14.7. The summed E-state index contributed by atoms with van der Waals surface area (Å²) in [5.41, 5.74) is 0.471. The van der Waals surface area contributed by atoms with Gasteiger partial charge >= 0.3 is 5.97 Å². The predicted molar refractivity (Wildman–Crippen MR) is 97.7 cm³/mol. The van der Waals surface area contributed by atoms with E-state index in [0.29, 0.717) is 48.5 Å². The van der Waals surface area contributed by atoms with E-state index in [2.05, 4.69) is 10.1 Å². The van der Waals surface area contributed by atoms with Crippen LogP contribution in [0.1, 0.15) is 47.8 Å². The van der Waals surface area contributed by atoms with Gasteiger partial charge in [0.25, 0.3) is 5.91 Å². The third-order valence-corrected chi connectivity index (χ3v) is 4.52. The molecule has 1 aliphatic rings. The van der Waals surface area contributed by atoms with Crippen molar-refractivity contribution in [1.29, 1.82) is 0 Å². The molecule has 9 heteroatoms. The summed E-state index contributed by atoms with van der Waals surface area (Å²) < 4.78 is 16.0. The number of aliphatic carboxylic acids is 1. The highest BCUT2D eigenvalue weighted by Crippen LogP contribution is 2.31. The van der Waals surface area contributed by atoms with Crippen LogP contribution in [0.3, 0.4) is 0 Å². The molecular weight excluding hydrogens is 366 g/mol. The zero-order valence-corrected chi connectivity index (χ0v) is 15.9. The van der Waals surface area contributed by atoms with Crippen LogP contribution in [0.4, 0.5) is 0 Å². The van der Waals surface area contributed by atoms with E-state index in [0.717, 1.165) is 12.8 Å². The van der Waals surface area contributed by atoms with Gasteiger partial charge < -0.3 is 24.0 Å². The topological polar surface area (TPSA) is 115 Å². The van der Waals surface area contributed by atoms with Gasteiger partial charge in [-0.1, -0.05) is 5.16 Å². The number of hydrogen-bond donors (Lipinski definition) is 1. The molecule has 0 radical (unpaired) electrons. The summed E-state index contributed by atoms with van der Waals surface area (Å²) in [6.45, 7) is 4.66. The number of carbonyl (C=O) groups excluding carboxylic acids is 1.